The van der Waals surface area contributed by atoms with Gasteiger partial charge in [-0.25, -0.2) is 29.9 Å². The summed E-state index contributed by atoms with van der Waals surface area (Å²) in [6, 6.07) is 55.7. The van der Waals surface area contributed by atoms with Gasteiger partial charge in [-0.05, 0) is 108 Å². The lowest BCUT2D eigenvalue weighted by molar-refractivity contribution is 1.06. The van der Waals surface area contributed by atoms with Gasteiger partial charge in [0.25, 0.3) is 0 Å². The molecule has 10 nitrogen and oxygen atoms in total. The molecule has 0 bridgehead atoms. The van der Waals surface area contributed by atoms with Crippen LogP contribution in [0.15, 0.2) is 182 Å². The molecule has 0 unspecified atom stereocenters. The Kier molecular flexibility index (Phi) is 8.11. The van der Waals surface area contributed by atoms with Gasteiger partial charge >= 0.3 is 0 Å². The van der Waals surface area contributed by atoms with Crippen molar-refractivity contribution in [1.82, 2.24) is 43.6 Å². The maximum absolute atomic E-state index is 5.31. The van der Waals surface area contributed by atoms with E-state index in [-0.39, 0.29) is 0 Å². The van der Waals surface area contributed by atoms with Gasteiger partial charge in [-0.15, -0.1) is 0 Å². The van der Waals surface area contributed by atoms with Gasteiger partial charge in [0, 0.05) is 59.4 Å². The molecule has 0 saturated heterocycles. The van der Waals surface area contributed by atoms with Crippen LogP contribution in [-0.2, 0) is 0 Å². The summed E-state index contributed by atoms with van der Waals surface area (Å²) in [7, 11) is 1.92. The van der Waals surface area contributed by atoms with Crippen molar-refractivity contribution in [3.63, 3.8) is 0 Å². The van der Waals surface area contributed by atoms with Crippen LogP contribution < -0.4 is 5.32 Å². The fraction of sp³-hybridized carbons (Fsp3) is 0.0204. The van der Waals surface area contributed by atoms with Gasteiger partial charge < -0.3 is 5.32 Å². The first kappa shape index (κ1) is 34.0. The first-order valence-electron chi connectivity index (χ1n) is 19.4. The van der Waals surface area contributed by atoms with Gasteiger partial charge in [0.15, 0.2) is 16.9 Å². The summed E-state index contributed by atoms with van der Waals surface area (Å²) in [6.45, 7) is 0. The number of hydrogen-bond acceptors (Lipinski definition) is 7. The van der Waals surface area contributed by atoms with E-state index in [1.54, 1.807) is 0 Å². The van der Waals surface area contributed by atoms with Gasteiger partial charge in [0.1, 0.15) is 34.0 Å². The minimum atomic E-state index is 0.724. The summed E-state index contributed by atoms with van der Waals surface area (Å²) in [5.41, 5.74) is 13.2. The standard InChI is InChI=1S/C49H34N10/c1-50-37-16-9-20-40(31-37)59-46(56-43-23-12-26-53-49(43)59)36-28-34(44-54-41-21-10-24-51-47(41)57(44)38-17-6-3-7-18-38)27-35(29-36)45-55-42-22-11-25-52-48(42)58(45)39-19-8-15-33(30-39)32-13-4-2-5-14-32/h2-31,50H,1H3. The van der Waals surface area contributed by atoms with Gasteiger partial charge in [0.2, 0.25) is 0 Å². The van der Waals surface area contributed by atoms with E-state index in [1.807, 2.05) is 98.4 Å². The first-order valence-corrected chi connectivity index (χ1v) is 19.4. The molecule has 5 aromatic carbocycles. The highest BCUT2D eigenvalue weighted by atomic mass is 15.2. The highest BCUT2D eigenvalue weighted by Crippen LogP contribution is 2.38. The number of nitrogens with zero attached hydrogens (tertiary/aromatic N) is 9. The molecule has 0 fully saturated rings. The molecule has 11 aromatic rings. The maximum atomic E-state index is 5.31. The number of nitrogens with one attached hydrogen (secondary N) is 1. The normalized spacial score (nSPS) is 11.5. The molecule has 0 atom stereocenters. The number of benzene rings is 5. The molecule has 59 heavy (non-hydrogen) atoms. The summed E-state index contributed by atoms with van der Waals surface area (Å²) < 4.78 is 6.38. The molecule has 0 aliphatic heterocycles. The third-order valence-corrected chi connectivity index (χ3v) is 10.6. The van der Waals surface area contributed by atoms with Crippen molar-refractivity contribution >= 4 is 39.2 Å². The van der Waals surface area contributed by atoms with Crippen molar-refractivity contribution in [2.45, 2.75) is 0 Å². The minimum Gasteiger partial charge on any atom is -0.388 e. The minimum absolute atomic E-state index is 0.724. The van der Waals surface area contributed by atoms with E-state index in [0.717, 1.165) is 102 Å². The monoisotopic (exact) mass is 762 g/mol. The van der Waals surface area contributed by atoms with Crippen molar-refractivity contribution < 1.29 is 0 Å². The fourth-order valence-corrected chi connectivity index (χ4v) is 7.90. The van der Waals surface area contributed by atoms with Gasteiger partial charge in [0.05, 0.1) is 5.69 Å². The van der Waals surface area contributed by atoms with Crippen molar-refractivity contribution in [3.8, 4) is 62.4 Å². The van der Waals surface area contributed by atoms with Crippen LogP contribution in [0.25, 0.3) is 95.8 Å². The molecule has 6 heterocycles. The molecule has 280 valence electrons. The summed E-state index contributed by atoms with van der Waals surface area (Å²) in [6.07, 6.45) is 5.43. The second kappa shape index (κ2) is 14.1. The van der Waals surface area contributed by atoms with Crippen molar-refractivity contribution in [3.05, 3.63) is 182 Å². The number of pyridine rings is 3. The van der Waals surface area contributed by atoms with E-state index in [2.05, 4.69) is 110 Å². The zero-order valence-corrected chi connectivity index (χ0v) is 31.8. The Balaban J connectivity index is 1.22. The van der Waals surface area contributed by atoms with Crippen molar-refractivity contribution in [2.75, 3.05) is 12.4 Å². The van der Waals surface area contributed by atoms with E-state index in [0.29, 0.717) is 0 Å². The Bertz CT molecular complexity index is 3330. The molecule has 10 heteroatoms. The third-order valence-electron chi connectivity index (χ3n) is 10.6. The quantitative estimate of drug-likeness (QED) is 0.164. The highest BCUT2D eigenvalue weighted by Gasteiger charge is 2.24. The molecule has 0 aliphatic rings. The number of aromatic nitrogens is 9. The molecule has 6 aromatic heterocycles. The smallest absolute Gasteiger partial charge is 0.164 e. The summed E-state index contributed by atoms with van der Waals surface area (Å²) in [4.78, 5) is 30.4. The largest absolute Gasteiger partial charge is 0.388 e. The number of rotatable bonds is 8. The van der Waals surface area contributed by atoms with E-state index in [4.69, 9.17) is 29.9 Å². The second-order valence-corrected chi connectivity index (χ2v) is 14.2. The number of fused-ring (bicyclic) bond motifs is 3. The third kappa shape index (κ3) is 5.89. The second-order valence-electron chi connectivity index (χ2n) is 14.2. The van der Waals surface area contributed by atoms with Gasteiger partial charge in [-0.3, -0.25) is 13.7 Å². The average molecular weight is 763 g/mol. The average Bonchev–Trinajstić information content (AvgIpc) is 4.02. The number of imidazole rings is 3. The Morgan fingerprint density at radius 2 is 0.780 bits per heavy atom. The maximum Gasteiger partial charge on any atom is 0.164 e. The molecule has 1 N–H and O–H groups in total. The predicted molar refractivity (Wildman–Crippen MR) is 235 cm³/mol. The SMILES string of the molecule is CNc1cccc(-n2c(-c3cc(-c4nc5cccnc5n4-c4ccccc4)cc(-c4nc5cccnc5n4-c4cccc(-c5ccccc5)c4)c3)nc3cccnc32)c1. The molecule has 0 saturated carbocycles. The highest BCUT2D eigenvalue weighted by molar-refractivity contribution is 5.88. The van der Waals surface area contributed by atoms with Crippen LogP contribution in [-0.4, -0.2) is 50.7 Å². The fourth-order valence-electron chi connectivity index (χ4n) is 7.90. The van der Waals surface area contributed by atoms with Gasteiger partial charge in [-0.1, -0.05) is 66.7 Å². The Morgan fingerprint density at radius 3 is 1.29 bits per heavy atom. The van der Waals surface area contributed by atoms with Crippen molar-refractivity contribution in [2.24, 2.45) is 0 Å². The number of hydrogen-bond donors (Lipinski definition) is 1. The molecular weight excluding hydrogens is 729 g/mol. The van der Waals surface area contributed by atoms with Crippen LogP contribution >= 0.6 is 0 Å². The van der Waals surface area contributed by atoms with E-state index >= 15 is 0 Å². The van der Waals surface area contributed by atoms with E-state index in [1.165, 1.54) is 0 Å². The lowest BCUT2D eigenvalue weighted by Gasteiger charge is -2.15. The van der Waals surface area contributed by atoms with Crippen LogP contribution in [0.4, 0.5) is 5.69 Å². The molecule has 0 spiro atoms. The lowest BCUT2D eigenvalue weighted by atomic mass is 10.0. The zero-order valence-electron chi connectivity index (χ0n) is 31.8. The number of anilines is 1. The van der Waals surface area contributed by atoms with Crippen LogP contribution in [0.1, 0.15) is 0 Å². The van der Waals surface area contributed by atoms with Crippen LogP contribution in [0.3, 0.4) is 0 Å². The number of para-hydroxylation sites is 1. The summed E-state index contributed by atoms with van der Waals surface area (Å²) >= 11 is 0. The van der Waals surface area contributed by atoms with E-state index in [9.17, 15) is 0 Å². The molecule has 11 rings (SSSR count). The van der Waals surface area contributed by atoms with E-state index < -0.39 is 0 Å². The zero-order chi connectivity index (χ0) is 39.3. The summed E-state index contributed by atoms with van der Waals surface area (Å²) in [5.74, 6) is 2.19. The molecule has 0 aliphatic carbocycles. The molecular formula is C49H34N10. The Hall–Kier alpha value is -8.24. The van der Waals surface area contributed by atoms with Crippen LogP contribution in [0, 0.1) is 0 Å². The summed E-state index contributed by atoms with van der Waals surface area (Å²) in [5, 5.41) is 3.29. The topological polar surface area (TPSA) is 104 Å². The Labute approximate surface area is 338 Å². The predicted octanol–water partition coefficient (Wildman–Crippen LogP) is 10.6. The molecule has 0 amide bonds. The van der Waals surface area contributed by atoms with Gasteiger partial charge in [-0.2, -0.15) is 0 Å². The first-order chi connectivity index (χ1) is 29.2. The van der Waals surface area contributed by atoms with Crippen molar-refractivity contribution in [1.29, 1.82) is 0 Å². The lowest BCUT2D eigenvalue weighted by Crippen LogP contribution is -2.03. The Morgan fingerprint density at radius 1 is 0.356 bits per heavy atom. The van der Waals surface area contributed by atoms with Crippen LogP contribution in [0.2, 0.25) is 0 Å². The molecule has 0 radical (unpaired) electrons. The van der Waals surface area contributed by atoms with Crippen LogP contribution in [0.5, 0.6) is 0 Å².